The number of anilines is 3. The predicted molar refractivity (Wildman–Crippen MR) is 224 cm³/mol. The topological polar surface area (TPSA) is 8.17 Å². The molecule has 0 amide bonds. The Labute approximate surface area is 337 Å². The van der Waals surface area contributed by atoms with Gasteiger partial charge in [-0.05, 0) is 111 Å². The lowest BCUT2D eigenvalue weighted by Crippen LogP contribution is -2.16. The molecule has 0 radical (unpaired) electrons. The second-order valence-electron chi connectivity index (χ2n) is 12.9. The first kappa shape index (κ1) is 17.3. The van der Waals surface area contributed by atoms with Gasteiger partial charge >= 0.3 is 0 Å². The third-order valence-corrected chi connectivity index (χ3v) is 9.67. The van der Waals surface area contributed by atoms with E-state index in [2.05, 4.69) is 4.57 Å². The molecule has 1 heterocycles. The van der Waals surface area contributed by atoms with Crippen molar-refractivity contribution in [1.29, 1.82) is 0 Å². The van der Waals surface area contributed by atoms with Gasteiger partial charge < -0.3 is 9.47 Å². The van der Waals surface area contributed by atoms with Crippen LogP contribution in [0.3, 0.4) is 0 Å². The van der Waals surface area contributed by atoms with Crippen molar-refractivity contribution in [1.82, 2.24) is 4.57 Å². The van der Waals surface area contributed by atoms with Crippen LogP contribution in [0.15, 0.2) is 194 Å². The van der Waals surface area contributed by atoms with E-state index in [9.17, 15) is 9.60 Å². The number of aromatic nitrogens is 1. The maximum atomic E-state index is 10.0. The summed E-state index contributed by atoms with van der Waals surface area (Å²) >= 11 is 0. The zero-order chi connectivity index (χ0) is 51.9. The molecular formula is C51H38N2. The zero-order valence-electron chi connectivity index (χ0n) is 47.1. The molecule has 252 valence electrons. The van der Waals surface area contributed by atoms with Crippen molar-refractivity contribution < 1.29 is 26.0 Å². The third-order valence-electron chi connectivity index (χ3n) is 9.67. The van der Waals surface area contributed by atoms with Gasteiger partial charge in [-0.3, -0.25) is 0 Å². The molecule has 0 aliphatic heterocycles. The van der Waals surface area contributed by atoms with Crippen LogP contribution < -0.4 is 4.90 Å². The van der Waals surface area contributed by atoms with Gasteiger partial charge in [-0.2, -0.15) is 0 Å². The fraction of sp³-hybridized carbons (Fsp3) is 0.0588. The first-order valence-electron chi connectivity index (χ1n) is 26.4. The van der Waals surface area contributed by atoms with Crippen LogP contribution in [-0.4, -0.2) is 4.57 Å². The molecule has 1 aliphatic carbocycles. The maximum absolute atomic E-state index is 10.0. The highest BCUT2D eigenvalue weighted by Gasteiger charge is 2.35. The van der Waals surface area contributed by atoms with Gasteiger partial charge in [0.1, 0.15) is 0 Å². The molecule has 1 atom stereocenters. The van der Waals surface area contributed by atoms with E-state index < -0.39 is 143 Å². The van der Waals surface area contributed by atoms with Gasteiger partial charge in [-0.15, -0.1) is 0 Å². The van der Waals surface area contributed by atoms with Crippen LogP contribution >= 0.6 is 0 Å². The molecule has 0 saturated heterocycles. The summed E-state index contributed by atoms with van der Waals surface area (Å²) < 4.78 is 173. The van der Waals surface area contributed by atoms with E-state index in [1.165, 1.54) is 13.0 Å². The summed E-state index contributed by atoms with van der Waals surface area (Å²) in [6, 6.07) is 17.5. The summed E-state index contributed by atoms with van der Waals surface area (Å²) in [7, 11) is 0. The number of rotatable bonds is 6. The van der Waals surface area contributed by atoms with Crippen LogP contribution in [0, 0.1) is 0 Å². The molecule has 9 aromatic rings. The summed E-state index contributed by atoms with van der Waals surface area (Å²) in [6.45, 7) is -1.98. The van der Waals surface area contributed by atoms with Crippen LogP contribution in [0.5, 0.6) is 0 Å². The number of benzene rings is 8. The molecular weight excluding hydrogens is 641 g/mol. The highest BCUT2D eigenvalue weighted by atomic mass is 15.1. The Hall–Kier alpha value is -6.64. The normalized spacial score (nSPS) is 20.0. The molecule has 0 bridgehead atoms. The van der Waals surface area contributed by atoms with E-state index in [1.54, 1.807) is 18.2 Å². The van der Waals surface area contributed by atoms with E-state index in [-0.39, 0.29) is 16.8 Å². The van der Waals surface area contributed by atoms with Crippen molar-refractivity contribution >= 4 is 38.9 Å². The summed E-state index contributed by atoms with van der Waals surface area (Å²) in [6.07, 6.45) is 0. The second kappa shape index (κ2) is 12.3. The Bertz CT molecular complexity index is 3790. The minimum absolute atomic E-state index is 0.00682. The van der Waals surface area contributed by atoms with E-state index >= 15 is 0 Å². The Morgan fingerprint density at radius 3 is 2.06 bits per heavy atom. The van der Waals surface area contributed by atoms with Gasteiger partial charge in [0.15, 0.2) is 0 Å². The van der Waals surface area contributed by atoms with Gasteiger partial charge in [0.25, 0.3) is 0 Å². The molecule has 0 fully saturated rings. The first-order chi connectivity index (χ1) is 34.0. The lowest BCUT2D eigenvalue weighted by Gasteiger charge is -2.28. The minimum atomic E-state index is -3.16. The van der Waals surface area contributed by atoms with E-state index in [1.807, 2.05) is 72.8 Å². The zero-order valence-corrected chi connectivity index (χ0v) is 28.1. The van der Waals surface area contributed by atoms with E-state index in [4.69, 9.17) is 16.4 Å². The summed E-state index contributed by atoms with van der Waals surface area (Å²) in [4.78, 5) is 1.04. The van der Waals surface area contributed by atoms with E-state index in [0.717, 1.165) is 32.4 Å². The number of fused-ring (bicyclic) bond motifs is 6. The van der Waals surface area contributed by atoms with Crippen molar-refractivity contribution in [2.75, 3.05) is 4.90 Å². The number of nitrogens with zero attached hydrogens (tertiary/aromatic N) is 2. The van der Waals surface area contributed by atoms with Crippen molar-refractivity contribution in [3.8, 4) is 39.1 Å². The fourth-order valence-electron chi connectivity index (χ4n) is 7.19. The van der Waals surface area contributed by atoms with Gasteiger partial charge in [0, 0.05) is 43.0 Å². The fourth-order valence-corrected chi connectivity index (χ4v) is 7.19. The molecule has 1 aliphatic rings. The van der Waals surface area contributed by atoms with Crippen LogP contribution in [0.1, 0.15) is 50.9 Å². The molecule has 1 aromatic heterocycles. The van der Waals surface area contributed by atoms with Crippen molar-refractivity contribution in [2.45, 2.75) is 19.2 Å². The molecule has 2 heteroatoms. The SMILES string of the molecule is [2H]c1c([2H])c([2H])c(-c2c([2H])c([2H])c(N(c3cccc(-c4ccc5c(c4)c4ccccc4n5-c4ccccc4)c3)c3c([2H])c([2H])c4c(c3[2H])C(C)(C([2H])([2H])[2H])c3c([2H])c([2H])c([2H])c([2H])c3-4)c([2H])c2[2H])c([2H])c1[2H]. The summed E-state index contributed by atoms with van der Waals surface area (Å²) in [5.74, 6) is 0. The molecule has 0 spiro atoms. The molecule has 53 heavy (non-hydrogen) atoms. The summed E-state index contributed by atoms with van der Waals surface area (Å²) in [5.41, 5.74) is -2.51. The van der Waals surface area contributed by atoms with Crippen molar-refractivity contribution in [2.24, 2.45) is 0 Å². The minimum Gasteiger partial charge on any atom is -0.310 e. The number of hydrogen-bond acceptors (Lipinski definition) is 1. The quantitative estimate of drug-likeness (QED) is 0.168. The van der Waals surface area contributed by atoms with Gasteiger partial charge in [-0.25, -0.2) is 0 Å². The van der Waals surface area contributed by atoms with Crippen LogP contribution in [0.2, 0.25) is 0 Å². The van der Waals surface area contributed by atoms with Crippen molar-refractivity contribution in [3.63, 3.8) is 0 Å². The average molecular weight is 698 g/mol. The van der Waals surface area contributed by atoms with Crippen molar-refractivity contribution in [3.05, 3.63) is 205 Å². The number of para-hydroxylation sites is 2. The molecule has 10 rings (SSSR count). The Morgan fingerprint density at radius 1 is 0.509 bits per heavy atom. The molecule has 1 unspecified atom stereocenters. The first-order valence-corrected chi connectivity index (χ1v) is 16.9. The second-order valence-corrected chi connectivity index (χ2v) is 12.9. The maximum Gasteiger partial charge on any atom is 0.0648 e. The van der Waals surface area contributed by atoms with Gasteiger partial charge in [-0.1, -0.05) is 141 Å². The van der Waals surface area contributed by atoms with Gasteiger partial charge in [0.2, 0.25) is 0 Å². The lowest BCUT2D eigenvalue weighted by molar-refractivity contribution is 0.660. The smallest absolute Gasteiger partial charge is 0.0648 e. The van der Waals surface area contributed by atoms with Crippen LogP contribution in [-0.2, 0) is 5.41 Å². The third kappa shape index (κ3) is 5.10. The highest BCUT2D eigenvalue weighted by Crippen LogP contribution is 2.51. The standard InChI is InChI=1S/C51H38N2/c1-51(2)47-22-11-9-20-43(47)44-30-29-42(34-48(44)51)52(40-27-24-36(25-28-40)35-14-5-3-6-15-35)41-19-13-16-37(32-41)38-26-31-50-46(33-38)45-21-10-12-23-49(45)53(50)39-17-7-4-8-18-39/h3-34H,1-2H3/i1D3,3D,5D,6D,9D,11D,14D,15D,20D,22D,24D,25D,27D,28D,29D,30D,34D. The summed E-state index contributed by atoms with van der Waals surface area (Å²) in [5, 5.41) is 1.83. The van der Waals surface area contributed by atoms with E-state index in [0.29, 0.717) is 11.1 Å². The largest absolute Gasteiger partial charge is 0.310 e. The predicted octanol–water partition coefficient (Wildman–Crippen LogP) is 13.9. The highest BCUT2D eigenvalue weighted by molar-refractivity contribution is 6.10. The van der Waals surface area contributed by atoms with Crippen LogP contribution in [0.4, 0.5) is 17.1 Å². The average Bonchev–Trinajstić information content (AvgIpc) is 3.86. The van der Waals surface area contributed by atoms with Crippen LogP contribution in [0.25, 0.3) is 60.9 Å². The molecule has 0 saturated carbocycles. The molecule has 8 aromatic carbocycles. The van der Waals surface area contributed by atoms with Gasteiger partial charge in [0.05, 0.1) is 33.0 Å². The Kier molecular flexibility index (Phi) is 3.99. The number of hydrogen-bond donors (Lipinski definition) is 0. The molecule has 2 nitrogen and oxygen atoms in total. The Morgan fingerprint density at radius 2 is 1.21 bits per heavy atom. The lowest BCUT2D eigenvalue weighted by atomic mass is 9.82. The Balaban J connectivity index is 1.29. The monoisotopic (exact) mass is 697 g/mol. The molecule has 0 N–H and O–H groups in total.